The molecule has 0 radical (unpaired) electrons. The van der Waals surface area contributed by atoms with Crippen molar-refractivity contribution >= 4 is 11.6 Å². The van der Waals surface area contributed by atoms with Crippen LogP contribution in [0.15, 0.2) is 21.2 Å². The maximum Gasteiger partial charge on any atom is 0.251 e. The monoisotopic (exact) mass is 240 g/mol. The first-order valence-electron chi connectivity index (χ1n) is 5.30. The van der Waals surface area contributed by atoms with Gasteiger partial charge >= 0.3 is 0 Å². The van der Waals surface area contributed by atoms with Crippen LogP contribution in [0.5, 0.6) is 0 Å². The maximum absolute atomic E-state index is 5.60. The molecule has 4 nitrogen and oxygen atoms in total. The second kappa shape index (κ2) is 5.16. The van der Waals surface area contributed by atoms with E-state index in [4.69, 9.17) is 20.4 Å². The Kier molecular flexibility index (Phi) is 3.62. The highest BCUT2D eigenvalue weighted by atomic mass is 35.5. The van der Waals surface area contributed by atoms with Gasteiger partial charge in [-0.3, -0.25) is 0 Å². The van der Waals surface area contributed by atoms with Gasteiger partial charge in [-0.05, 0) is 12.5 Å². The molecule has 0 aliphatic carbocycles. The fourth-order valence-corrected chi connectivity index (χ4v) is 1.62. The van der Waals surface area contributed by atoms with E-state index < -0.39 is 0 Å². The number of aryl methyl sites for hydroxylation is 2. The van der Waals surface area contributed by atoms with Gasteiger partial charge < -0.3 is 8.83 Å². The molecule has 5 heteroatoms. The molecule has 0 saturated carbocycles. The minimum absolute atomic E-state index is 0.523. The largest absolute Gasteiger partial charge is 0.469 e. The van der Waals surface area contributed by atoms with Crippen LogP contribution in [0.4, 0.5) is 0 Å². The molecule has 0 amide bonds. The molecule has 0 aromatic carbocycles. The van der Waals surface area contributed by atoms with Crippen molar-refractivity contribution in [1.82, 2.24) is 10.2 Å². The van der Waals surface area contributed by atoms with Gasteiger partial charge in [-0.1, -0.05) is 6.92 Å². The van der Waals surface area contributed by atoms with Gasteiger partial charge in [0.05, 0.1) is 11.8 Å². The van der Waals surface area contributed by atoms with Crippen LogP contribution in [0.25, 0.3) is 11.5 Å². The molecule has 0 aliphatic heterocycles. The summed E-state index contributed by atoms with van der Waals surface area (Å²) in [5, 5.41) is 7.97. The molecule has 2 aromatic rings. The van der Waals surface area contributed by atoms with E-state index in [0.29, 0.717) is 17.7 Å². The zero-order valence-electron chi connectivity index (χ0n) is 9.07. The predicted molar refractivity (Wildman–Crippen MR) is 60.4 cm³/mol. The van der Waals surface area contributed by atoms with Crippen molar-refractivity contribution in [1.29, 1.82) is 0 Å². The van der Waals surface area contributed by atoms with Crippen LogP contribution in [0.3, 0.4) is 0 Å². The van der Waals surface area contributed by atoms with Crippen molar-refractivity contribution in [2.45, 2.75) is 26.2 Å². The van der Waals surface area contributed by atoms with Gasteiger partial charge in [-0.15, -0.1) is 21.8 Å². The van der Waals surface area contributed by atoms with E-state index >= 15 is 0 Å². The number of nitrogens with zero attached hydrogens (tertiary/aromatic N) is 2. The van der Waals surface area contributed by atoms with Gasteiger partial charge in [0, 0.05) is 18.7 Å². The Morgan fingerprint density at radius 3 is 3.00 bits per heavy atom. The van der Waals surface area contributed by atoms with Crippen LogP contribution >= 0.6 is 11.6 Å². The lowest BCUT2D eigenvalue weighted by molar-refractivity contribution is 0.494. The Morgan fingerprint density at radius 2 is 2.25 bits per heavy atom. The molecule has 2 aromatic heterocycles. The Labute approximate surface area is 98.6 Å². The first-order chi connectivity index (χ1) is 7.85. The Balaban J connectivity index is 2.18. The number of alkyl halides is 1. The highest BCUT2D eigenvalue weighted by Crippen LogP contribution is 2.24. The first-order valence-corrected chi connectivity index (χ1v) is 5.83. The quantitative estimate of drug-likeness (QED) is 0.754. The molecule has 0 unspecified atom stereocenters. The summed E-state index contributed by atoms with van der Waals surface area (Å²) in [4.78, 5) is 0. The third kappa shape index (κ3) is 2.27. The number of hydrogen-bond donors (Lipinski definition) is 0. The Morgan fingerprint density at radius 1 is 1.38 bits per heavy atom. The lowest BCUT2D eigenvalue weighted by Gasteiger charge is -1.93. The number of aromatic nitrogens is 2. The van der Waals surface area contributed by atoms with E-state index in [1.165, 1.54) is 0 Å². The third-order valence-corrected chi connectivity index (χ3v) is 2.56. The van der Waals surface area contributed by atoms with Gasteiger partial charge in [0.25, 0.3) is 5.89 Å². The molecular weight excluding hydrogens is 228 g/mol. The molecule has 0 aliphatic rings. The van der Waals surface area contributed by atoms with Gasteiger partial charge in [-0.2, -0.15) is 0 Å². The number of halogens is 1. The summed E-state index contributed by atoms with van der Waals surface area (Å²) >= 11 is 5.60. The van der Waals surface area contributed by atoms with Gasteiger partial charge in [0.1, 0.15) is 5.76 Å². The highest BCUT2D eigenvalue weighted by Gasteiger charge is 2.13. The van der Waals surface area contributed by atoms with Crippen molar-refractivity contribution in [3.8, 4) is 11.5 Å². The average molecular weight is 241 g/mol. The summed E-state index contributed by atoms with van der Waals surface area (Å²) in [5.41, 5.74) is 0.882. The van der Waals surface area contributed by atoms with Gasteiger partial charge in [-0.25, -0.2) is 0 Å². The molecule has 0 fully saturated rings. The van der Waals surface area contributed by atoms with Crippen LogP contribution in [0.1, 0.15) is 25.0 Å². The molecule has 0 bridgehead atoms. The Bertz CT molecular complexity index is 450. The molecule has 0 saturated heterocycles. The second-order valence-electron chi connectivity index (χ2n) is 3.40. The molecule has 2 rings (SSSR count). The summed E-state index contributed by atoms with van der Waals surface area (Å²) in [5.74, 6) is 2.62. The second-order valence-corrected chi connectivity index (χ2v) is 3.78. The van der Waals surface area contributed by atoms with Crippen LogP contribution < -0.4 is 0 Å². The zero-order chi connectivity index (χ0) is 11.4. The van der Waals surface area contributed by atoms with Crippen molar-refractivity contribution in [3.63, 3.8) is 0 Å². The van der Waals surface area contributed by atoms with Crippen LogP contribution in [-0.4, -0.2) is 16.1 Å². The summed E-state index contributed by atoms with van der Waals surface area (Å²) in [6.07, 6.45) is 4.00. The number of furan rings is 1. The fraction of sp³-hybridized carbons (Fsp3) is 0.455. The van der Waals surface area contributed by atoms with Crippen LogP contribution in [-0.2, 0) is 12.8 Å². The first kappa shape index (κ1) is 11.2. The summed E-state index contributed by atoms with van der Waals surface area (Å²) in [6, 6.07) is 1.84. The molecule has 0 spiro atoms. The predicted octanol–water partition coefficient (Wildman–Crippen LogP) is 3.06. The van der Waals surface area contributed by atoms with Crippen LogP contribution in [0.2, 0.25) is 0 Å². The van der Waals surface area contributed by atoms with Gasteiger partial charge in [0.15, 0.2) is 0 Å². The summed E-state index contributed by atoms with van der Waals surface area (Å²) in [7, 11) is 0. The summed E-state index contributed by atoms with van der Waals surface area (Å²) in [6.45, 7) is 2.02. The van der Waals surface area contributed by atoms with Crippen molar-refractivity contribution in [2.24, 2.45) is 0 Å². The third-order valence-electron chi connectivity index (χ3n) is 2.29. The van der Waals surface area contributed by atoms with Gasteiger partial charge in [0.2, 0.25) is 5.89 Å². The normalized spacial score (nSPS) is 10.9. The maximum atomic E-state index is 5.60. The lowest BCUT2D eigenvalue weighted by atomic mass is 10.2. The average Bonchev–Trinajstić information content (AvgIpc) is 2.94. The van der Waals surface area contributed by atoms with Crippen molar-refractivity contribution in [3.05, 3.63) is 24.0 Å². The molecule has 0 N–H and O–H groups in total. The standard InChI is InChI=1S/C11H13ClN2O2/c1-2-9-8(5-7-15-9)11-14-13-10(16-11)4-3-6-12/h5,7H,2-4,6H2,1H3. The van der Waals surface area contributed by atoms with E-state index in [0.717, 1.165) is 30.6 Å². The number of hydrogen-bond acceptors (Lipinski definition) is 4. The van der Waals surface area contributed by atoms with E-state index in [1.54, 1.807) is 6.26 Å². The molecule has 16 heavy (non-hydrogen) atoms. The number of rotatable bonds is 5. The topological polar surface area (TPSA) is 52.1 Å². The Hall–Kier alpha value is -1.29. The highest BCUT2D eigenvalue weighted by molar-refractivity contribution is 6.17. The van der Waals surface area contributed by atoms with Crippen molar-refractivity contribution < 1.29 is 8.83 Å². The SMILES string of the molecule is CCc1occc1-c1nnc(CCCCl)o1. The lowest BCUT2D eigenvalue weighted by Crippen LogP contribution is -1.85. The van der Waals surface area contributed by atoms with Crippen LogP contribution in [0, 0.1) is 0 Å². The molecule has 2 heterocycles. The minimum atomic E-state index is 0.523. The van der Waals surface area contributed by atoms with E-state index in [9.17, 15) is 0 Å². The molecule has 86 valence electrons. The van der Waals surface area contributed by atoms with E-state index in [1.807, 2.05) is 13.0 Å². The zero-order valence-corrected chi connectivity index (χ0v) is 9.83. The smallest absolute Gasteiger partial charge is 0.251 e. The van der Waals surface area contributed by atoms with E-state index in [-0.39, 0.29) is 0 Å². The van der Waals surface area contributed by atoms with E-state index in [2.05, 4.69) is 10.2 Å². The molecule has 0 atom stereocenters. The fourth-order valence-electron chi connectivity index (χ4n) is 1.49. The molecular formula is C11H13ClN2O2. The summed E-state index contributed by atoms with van der Waals surface area (Å²) < 4.78 is 10.8. The van der Waals surface area contributed by atoms with Crippen molar-refractivity contribution in [2.75, 3.05) is 5.88 Å². The minimum Gasteiger partial charge on any atom is -0.469 e.